The van der Waals surface area contributed by atoms with Crippen molar-refractivity contribution in [3.63, 3.8) is 0 Å². The van der Waals surface area contributed by atoms with Crippen molar-refractivity contribution in [2.45, 2.75) is 19.9 Å². The minimum atomic E-state index is -0.168. The second kappa shape index (κ2) is 5.46. The molecule has 6 heteroatoms. The standard InChI is InChI=1S/C11H11BrN2O2S/c1-2-7-5-13-9(17-7)6-14-11(15)8-3-4-16-10(8)12/h3-5H,2,6H2,1H3,(H,14,15). The van der Waals surface area contributed by atoms with E-state index in [0.29, 0.717) is 16.8 Å². The van der Waals surface area contributed by atoms with Crippen molar-refractivity contribution < 1.29 is 9.21 Å². The van der Waals surface area contributed by atoms with Gasteiger partial charge in [0.05, 0.1) is 18.4 Å². The Hall–Kier alpha value is -1.14. The van der Waals surface area contributed by atoms with Crippen molar-refractivity contribution in [1.29, 1.82) is 0 Å². The number of hydrogen-bond donors (Lipinski definition) is 1. The van der Waals surface area contributed by atoms with Crippen molar-refractivity contribution in [2.75, 3.05) is 0 Å². The van der Waals surface area contributed by atoms with Crippen LogP contribution in [0.25, 0.3) is 0 Å². The molecular weight excluding hydrogens is 304 g/mol. The van der Waals surface area contributed by atoms with Gasteiger partial charge in [-0.1, -0.05) is 6.92 Å². The number of carbonyl (C=O) groups excluding carboxylic acids is 1. The molecule has 0 spiro atoms. The average molecular weight is 315 g/mol. The molecule has 17 heavy (non-hydrogen) atoms. The molecule has 1 N–H and O–H groups in total. The number of aryl methyl sites for hydroxylation is 1. The molecule has 0 aliphatic heterocycles. The van der Waals surface area contributed by atoms with E-state index in [-0.39, 0.29) is 5.91 Å². The Morgan fingerprint density at radius 3 is 3.06 bits per heavy atom. The highest BCUT2D eigenvalue weighted by atomic mass is 79.9. The first-order valence-electron chi connectivity index (χ1n) is 5.15. The predicted molar refractivity (Wildman–Crippen MR) is 69.1 cm³/mol. The molecule has 0 saturated carbocycles. The molecule has 0 aliphatic rings. The Bertz CT molecular complexity index is 521. The molecule has 0 saturated heterocycles. The molecule has 0 aromatic carbocycles. The number of nitrogens with one attached hydrogen (secondary N) is 1. The van der Waals surface area contributed by atoms with Crippen molar-refractivity contribution in [3.05, 3.63) is 38.6 Å². The van der Waals surface area contributed by atoms with Crippen LogP contribution in [-0.2, 0) is 13.0 Å². The summed E-state index contributed by atoms with van der Waals surface area (Å²) in [5.41, 5.74) is 0.497. The summed E-state index contributed by atoms with van der Waals surface area (Å²) >= 11 is 4.78. The Morgan fingerprint density at radius 2 is 2.47 bits per heavy atom. The third kappa shape index (κ3) is 2.95. The summed E-state index contributed by atoms with van der Waals surface area (Å²) in [6, 6.07) is 1.62. The predicted octanol–water partition coefficient (Wildman–Crippen LogP) is 2.99. The second-order valence-electron chi connectivity index (χ2n) is 3.36. The molecule has 0 atom stereocenters. The van der Waals surface area contributed by atoms with E-state index in [0.717, 1.165) is 11.4 Å². The minimum Gasteiger partial charge on any atom is -0.457 e. The van der Waals surface area contributed by atoms with Gasteiger partial charge in [0.25, 0.3) is 5.91 Å². The van der Waals surface area contributed by atoms with Crippen molar-refractivity contribution in [3.8, 4) is 0 Å². The smallest absolute Gasteiger partial charge is 0.256 e. The molecule has 90 valence electrons. The zero-order valence-electron chi connectivity index (χ0n) is 9.20. The van der Waals surface area contributed by atoms with Gasteiger partial charge in [-0.15, -0.1) is 11.3 Å². The second-order valence-corrected chi connectivity index (χ2v) is 5.28. The van der Waals surface area contributed by atoms with Crippen LogP contribution in [0.2, 0.25) is 0 Å². The molecular formula is C11H11BrN2O2S. The largest absolute Gasteiger partial charge is 0.457 e. The van der Waals surface area contributed by atoms with E-state index in [4.69, 9.17) is 4.42 Å². The lowest BCUT2D eigenvalue weighted by molar-refractivity contribution is 0.0949. The monoisotopic (exact) mass is 314 g/mol. The maximum atomic E-state index is 11.8. The van der Waals surface area contributed by atoms with Crippen LogP contribution in [0.5, 0.6) is 0 Å². The van der Waals surface area contributed by atoms with E-state index >= 15 is 0 Å². The summed E-state index contributed by atoms with van der Waals surface area (Å²) in [6.45, 7) is 2.53. The molecule has 2 rings (SSSR count). The highest BCUT2D eigenvalue weighted by Crippen LogP contribution is 2.18. The van der Waals surface area contributed by atoms with Crippen LogP contribution in [0, 0.1) is 0 Å². The first kappa shape index (κ1) is 12.3. The Balaban J connectivity index is 1.94. The molecule has 0 aliphatic carbocycles. The summed E-state index contributed by atoms with van der Waals surface area (Å²) in [7, 11) is 0. The van der Waals surface area contributed by atoms with Gasteiger partial charge in [0.15, 0.2) is 4.67 Å². The zero-order chi connectivity index (χ0) is 12.3. The van der Waals surface area contributed by atoms with E-state index in [1.54, 1.807) is 17.4 Å². The fraction of sp³-hybridized carbons (Fsp3) is 0.273. The SMILES string of the molecule is CCc1cnc(CNC(=O)c2ccoc2Br)s1. The Kier molecular flexibility index (Phi) is 3.96. The van der Waals surface area contributed by atoms with Crippen LogP contribution in [0.3, 0.4) is 0 Å². The number of hydrogen-bond acceptors (Lipinski definition) is 4. The van der Waals surface area contributed by atoms with E-state index in [2.05, 4.69) is 33.2 Å². The van der Waals surface area contributed by atoms with Crippen LogP contribution < -0.4 is 5.32 Å². The summed E-state index contributed by atoms with van der Waals surface area (Å²) in [4.78, 5) is 17.2. The third-order valence-corrected chi connectivity index (χ3v) is 3.97. The van der Waals surface area contributed by atoms with Crippen molar-refractivity contribution in [1.82, 2.24) is 10.3 Å². The number of thiazole rings is 1. The average Bonchev–Trinajstić information content (AvgIpc) is 2.94. The first-order valence-corrected chi connectivity index (χ1v) is 6.76. The van der Waals surface area contributed by atoms with Gasteiger partial charge < -0.3 is 9.73 Å². The topological polar surface area (TPSA) is 55.1 Å². The van der Waals surface area contributed by atoms with E-state index in [9.17, 15) is 4.79 Å². The lowest BCUT2D eigenvalue weighted by Crippen LogP contribution is -2.22. The quantitative estimate of drug-likeness (QED) is 0.943. The number of aromatic nitrogens is 1. The lowest BCUT2D eigenvalue weighted by atomic mass is 10.3. The Labute approximate surface area is 111 Å². The number of rotatable bonds is 4. The molecule has 0 bridgehead atoms. The summed E-state index contributed by atoms with van der Waals surface area (Å²) in [5, 5.41) is 3.71. The highest BCUT2D eigenvalue weighted by molar-refractivity contribution is 9.10. The third-order valence-electron chi connectivity index (χ3n) is 2.21. The van der Waals surface area contributed by atoms with Gasteiger partial charge in [0.1, 0.15) is 5.01 Å². The van der Waals surface area contributed by atoms with Crippen molar-refractivity contribution in [2.24, 2.45) is 0 Å². The normalized spacial score (nSPS) is 10.5. The molecule has 0 fully saturated rings. The fourth-order valence-corrected chi connectivity index (χ4v) is 2.52. The zero-order valence-corrected chi connectivity index (χ0v) is 11.6. The van der Waals surface area contributed by atoms with Crippen LogP contribution >= 0.6 is 27.3 Å². The fourth-order valence-electron chi connectivity index (χ4n) is 1.30. The molecule has 0 unspecified atom stereocenters. The molecule has 2 aromatic heterocycles. The van der Waals surface area contributed by atoms with Crippen LogP contribution in [0.15, 0.2) is 27.6 Å². The van der Waals surface area contributed by atoms with E-state index in [1.807, 2.05) is 6.20 Å². The molecule has 2 heterocycles. The summed E-state index contributed by atoms with van der Waals surface area (Å²) < 4.78 is 5.45. The molecule has 4 nitrogen and oxygen atoms in total. The number of halogens is 1. The number of nitrogens with zero attached hydrogens (tertiary/aromatic N) is 1. The van der Waals surface area contributed by atoms with Gasteiger partial charge in [-0.2, -0.15) is 0 Å². The maximum Gasteiger partial charge on any atom is 0.256 e. The van der Waals surface area contributed by atoms with Gasteiger partial charge in [-0.3, -0.25) is 4.79 Å². The molecule has 1 amide bonds. The van der Waals surface area contributed by atoms with Gasteiger partial charge in [-0.05, 0) is 28.4 Å². The van der Waals surface area contributed by atoms with Gasteiger partial charge in [-0.25, -0.2) is 4.98 Å². The maximum absolute atomic E-state index is 11.8. The van der Waals surface area contributed by atoms with Gasteiger partial charge in [0, 0.05) is 11.1 Å². The minimum absolute atomic E-state index is 0.168. The lowest BCUT2D eigenvalue weighted by Gasteiger charge is -2.00. The number of amides is 1. The Morgan fingerprint density at radius 1 is 1.65 bits per heavy atom. The molecule has 2 aromatic rings. The summed E-state index contributed by atoms with van der Waals surface area (Å²) in [5.74, 6) is -0.168. The summed E-state index contributed by atoms with van der Waals surface area (Å²) in [6.07, 6.45) is 4.29. The van der Waals surface area contributed by atoms with E-state index in [1.165, 1.54) is 11.1 Å². The van der Waals surface area contributed by atoms with Gasteiger partial charge in [0.2, 0.25) is 0 Å². The van der Waals surface area contributed by atoms with Crippen molar-refractivity contribution >= 4 is 33.2 Å². The molecule has 0 radical (unpaired) electrons. The van der Waals surface area contributed by atoms with Crippen LogP contribution in [0.4, 0.5) is 0 Å². The first-order chi connectivity index (χ1) is 8.20. The van der Waals surface area contributed by atoms with Gasteiger partial charge >= 0.3 is 0 Å². The number of furan rings is 1. The van der Waals surface area contributed by atoms with Crippen LogP contribution in [-0.4, -0.2) is 10.9 Å². The van der Waals surface area contributed by atoms with E-state index < -0.39 is 0 Å². The van der Waals surface area contributed by atoms with Crippen LogP contribution in [0.1, 0.15) is 27.2 Å². The highest BCUT2D eigenvalue weighted by Gasteiger charge is 2.12. The number of carbonyl (C=O) groups is 1.